The number of aliphatic hydroxyl groups excluding tert-OH is 2. The molecule has 2 aliphatic carbocycles. The molecule has 0 radical (unpaired) electrons. The molecule has 6 nitrogen and oxygen atoms in total. The molecule has 1 aromatic rings. The highest BCUT2D eigenvalue weighted by Crippen LogP contribution is 2.36. The lowest BCUT2D eigenvalue weighted by Gasteiger charge is -2.33. The predicted molar refractivity (Wildman–Crippen MR) is 104 cm³/mol. The number of hydrogen-bond donors (Lipinski definition) is 4. The molecular weight excluding hydrogens is 342 g/mol. The minimum atomic E-state index is -0.934. The predicted octanol–water partition coefficient (Wildman–Crippen LogP) is 1.54. The Kier molecular flexibility index (Phi) is 7.21. The summed E-state index contributed by atoms with van der Waals surface area (Å²) in [5.74, 6) is 0.382. The molecule has 1 aromatic heterocycles. The van der Waals surface area contributed by atoms with Gasteiger partial charge >= 0.3 is 0 Å². The number of carbonyl (C=O) groups is 1. The molecule has 2 saturated carbocycles. The van der Waals surface area contributed by atoms with Gasteiger partial charge < -0.3 is 21.3 Å². The molecule has 0 spiro atoms. The summed E-state index contributed by atoms with van der Waals surface area (Å²) in [5.41, 5.74) is 7.06. The number of pyridine rings is 1. The molecule has 1 heterocycles. The van der Waals surface area contributed by atoms with Crippen molar-refractivity contribution in [2.75, 3.05) is 0 Å². The zero-order valence-corrected chi connectivity index (χ0v) is 16.0. The molecule has 1 amide bonds. The Morgan fingerprint density at radius 1 is 1.15 bits per heavy atom. The SMILES string of the molecule is NC(Cc1ccncc1)C(=O)N[C@@H](CC1CCCCC1)[C@@H](O)[C@@H](O)C1CC1. The molecule has 2 fully saturated rings. The second kappa shape index (κ2) is 9.62. The maximum absolute atomic E-state index is 12.7. The number of aliphatic hydroxyl groups is 2. The summed E-state index contributed by atoms with van der Waals surface area (Å²) in [6.07, 6.45) is 10.6. The van der Waals surface area contributed by atoms with Crippen molar-refractivity contribution in [3.63, 3.8) is 0 Å². The molecule has 0 saturated heterocycles. The Bertz CT molecular complexity index is 588. The van der Waals surface area contributed by atoms with Crippen LogP contribution in [0.25, 0.3) is 0 Å². The number of carbonyl (C=O) groups excluding carboxylic acids is 1. The molecular formula is C21H33N3O3. The average molecular weight is 376 g/mol. The van der Waals surface area contributed by atoms with Crippen molar-refractivity contribution >= 4 is 5.91 Å². The van der Waals surface area contributed by atoms with E-state index in [1.54, 1.807) is 12.4 Å². The summed E-state index contributed by atoms with van der Waals surface area (Å²) in [6, 6.07) is 2.56. The fourth-order valence-corrected chi connectivity index (χ4v) is 4.18. The fraction of sp³-hybridized carbons (Fsp3) is 0.714. The Balaban J connectivity index is 1.60. The fourth-order valence-electron chi connectivity index (χ4n) is 4.18. The smallest absolute Gasteiger partial charge is 0.237 e. The highest BCUT2D eigenvalue weighted by atomic mass is 16.3. The van der Waals surface area contributed by atoms with Crippen LogP contribution in [0.1, 0.15) is 56.9 Å². The van der Waals surface area contributed by atoms with E-state index < -0.39 is 24.3 Å². The number of amides is 1. The Morgan fingerprint density at radius 3 is 2.44 bits per heavy atom. The van der Waals surface area contributed by atoms with Crippen molar-refractivity contribution in [2.24, 2.45) is 17.6 Å². The van der Waals surface area contributed by atoms with Crippen LogP contribution < -0.4 is 11.1 Å². The first-order valence-corrected chi connectivity index (χ1v) is 10.4. The van der Waals surface area contributed by atoms with Gasteiger partial charge in [0.15, 0.2) is 0 Å². The van der Waals surface area contributed by atoms with Gasteiger partial charge in [0.25, 0.3) is 0 Å². The summed E-state index contributed by atoms with van der Waals surface area (Å²) in [7, 11) is 0. The van der Waals surface area contributed by atoms with Crippen molar-refractivity contribution in [3.05, 3.63) is 30.1 Å². The largest absolute Gasteiger partial charge is 0.390 e. The van der Waals surface area contributed by atoms with Crippen LogP contribution in [0, 0.1) is 11.8 Å². The molecule has 150 valence electrons. The maximum Gasteiger partial charge on any atom is 0.237 e. The zero-order valence-electron chi connectivity index (χ0n) is 16.0. The summed E-state index contributed by atoms with van der Waals surface area (Å²) in [6.45, 7) is 0. The van der Waals surface area contributed by atoms with Gasteiger partial charge in [-0.15, -0.1) is 0 Å². The first-order chi connectivity index (χ1) is 13.0. The first kappa shape index (κ1) is 20.2. The van der Waals surface area contributed by atoms with Crippen LogP contribution in [0.5, 0.6) is 0 Å². The third kappa shape index (κ3) is 5.99. The summed E-state index contributed by atoms with van der Waals surface area (Å²) in [5, 5.41) is 24.1. The second-order valence-electron chi connectivity index (χ2n) is 8.34. The third-order valence-corrected chi connectivity index (χ3v) is 6.05. The van der Waals surface area contributed by atoms with Gasteiger partial charge in [0.2, 0.25) is 5.91 Å². The van der Waals surface area contributed by atoms with Gasteiger partial charge in [-0.3, -0.25) is 9.78 Å². The van der Waals surface area contributed by atoms with Crippen molar-refractivity contribution in [1.82, 2.24) is 10.3 Å². The summed E-state index contributed by atoms with van der Waals surface area (Å²) in [4.78, 5) is 16.6. The van der Waals surface area contributed by atoms with Gasteiger partial charge in [0, 0.05) is 12.4 Å². The number of nitrogens with zero attached hydrogens (tertiary/aromatic N) is 1. The van der Waals surface area contributed by atoms with E-state index in [1.807, 2.05) is 12.1 Å². The van der Waals surface area contributed by atoms with E-state index in [9.17, 15) is 15.0 Å². The topological polar surface area (TPSA) is 108 Å². The van der Waals surface area contributed by atoms with Crippen molar-refractivity contribution in [2.45, 2.75) is 82.1 Å². The molecule has 1 unspecified atom stereocenters. The summed E-state index contributed by atoms with van der Waals surface area (Å²) < 4.78 is 0. The first-order valence-electron chi connectivity index (χ1n) is 10.4. The van der Waals surface area contributed by atoms with Crippen LogP contribution in [0.3, 0.4) is 0 Å². The monoisotopic (exact) mass is 375 g/mol. The van der Waals surface area contributed by atoms with Crippen LogP contribution >= 0.6 is 0 Å². The van der Waals surface area contributed by atoms with E-state index in [2.05, 4.69) is 10.3 Å². The maximum atomic E-state index is 12.7. The van der Waals surface area contributed by atoms with Crippen LogP contribution in [0.15, 0.2) is 24.5 Å². The van der Waals surface area contributed by atoms with Gasteiger partial charge in [0.05, 0.1) is 18.2 Å². The molecule has 0 bridgehead atoms. The molecule has 0 aliphatic heterocycles. The zero-order chi connectivity index (χ0) is 19.2. The molecule has 0 aromatic carbocycles. The lowest BCUT2D eigenvalue weighted by molar-refractivity contribution is -0.125. The minimum Gasteiger partial charge on any atom is -0.390 e. The minimum absolute atomic E-state index is 0.163. The van der Waals surface area contributed by atoms with Crippen molar-refractivity contribution in [3.8, 4) is 0 Å². The van der Waals surface area contributed by atoms with Gasteiger partial charge in [-0.1, -0.05) is 32.1 Å². The lowest BCUT2D eigenvalue weighted by Crippen LogP contribution is -2.54. The van der Waals surface area contributed by atoms with Crippen molar-refractivity contribution < 1.29 is 15.0 Å². The van der Waals surface area contributed by atoms with E-state index in [1.165, 1.54) is 19.3 Å². The number of nitrogens with one attached hydrogen (secondary N) is 1. The van der Waals surface area contributed by atoms with Crippen LogP contribution in [-0.2, 0) is 11.2 Å². The van der Waals surface area contributed by atoms with Crippen molar-refractivity contribution in [1.29, 1.82) is 0 Å². The molecule has 5 N–H and O–H groups in total. The van der Waals surface area contributed by atoms with Gasteiger partial charge in [0.1, 0.15) is 6.10 Å². The normalized spacial score (nSPS) is 22.6. The quantitative estimate of drug-likeness (QED) is 0.523. The molecule has 2 aliphatic rings. The average Bonchev–Trinajstić information content (AvgIpc) is 3.53. The number of hydrogen-bond acceptors (Lipinski definition) is 5. The second-order valence-corrected chi connectivity index (χ2v) is 8.34. The standard InChI is InChI=1S/C21H33N3O3/c22-17(12-15-8-10-23-11-9-15)21(27)24-18(13-14-4-2-1-3-5-14)20(26)19(25)16-6-7-16/h8-11,14,16-20,25-26H,1-7,12-13,22H2,(H,24,27)/t17?,18-,19-,20+/m0/s1. The molecule has 4 atom stereocenters. The third-order valence-electron chi connectivity index (χ3n) is 6.05. The van der Waals surface area contributed by atoms with E-state index >= 15 is 0 Å². The van der Waals surface area contributed by atoms with Crippen LogP contribution in [-0.4, -0.2) is 45.4 Å². The highest BCUT2D eigenvalue weighted by molar-refractivity contribution is 5.82. The van der Waals surface area contributed by atoms with E-state index in [0.29, 0.717) is 18.8 Å². The van der Waals surface area contributed by atoms with E-state index in [-0.39, 0.29) is 11.8 Å². The number of nitrogens with two attached hydrogens (primary N) is 1. The Morgan fingerprint density at radius 2 is 1.81 bits per heavy atom. The Hall–Kier alpha value is -1.50. The Labute approximate surface area is 161 Å². The van der Waals surface area contributed by atoms with E-state index in [4.69, 9.17) is 5.73 Å². The van der Waals surface area contributed by atoms with Crippen LogP contribution in [0.4, 0.5) is 0 Å². The lowest BCUT2D eigenvalue weighted by atomic mass is 9.82. The van der Waals surface area contributed by atoms with Gasteiger partial charge in [-0.25, -0.2) is 0 Å². The van der Waals surface area contributed by atoms with Gasteiger partial charge in [-0.05, 0) is 55.2 Å². The number of rotatable bonds is 9. The van der Waals surface area contributed by atoms with Gasteiger partial charge in [-0.2, -0.15) is 0 Å². The highest BCUT2D eigenvalue weighted by Gasteiger charge is 2.39. The van der Waals surface area contributed by atoms with E-state index in [0.717, 1.165) is 31.2 Å². The molecule has 6 heteroatoms. The summed E-state index contributed by atoms with van der Waals surface area (Å²) >= 11 is 0. The molecule has 27 heavy (non-hydrogen) atoms. The van der Waals surface area contributed by atoms with Crippen LogP contribution in [0.2, 0.25) is 0 Å². The number of aromatic nitrogens is 1. The molecule has 3 rings (SSSR count).